The molecule has 0 saturated carbocycles. The summed E-state index contributed by atoms with van der Waals surface area (Å²) >= 11 is 1.27. The van der Waals surface area contributed by atoms with E-state index in [4.69, 9.17) is 9.47 Å². The van der Waals surface area contributed by atoms with Crippen molar-refractivity contribution < 1.29 is 22.7 Å². The van der Waals surface area contributed by atoms with Crippen LogP contribution in [0.2, 0.25) is 0 Å². The lowest BCUT2D eigenvalue weighted by molar-refractivity contribution is 0.102. The first-order valence-electron chi connectivity index (χ1n) is 11.0. The average molecular weight is 506 g/mol. The van der Waals surface area contributed by atoms with E-state index in [0.717, 1.165) is 4.70 Å². The smallest absolute Gasteiger partial charge is 0.257 e. The maximum Gasteiger partial charge on any atom is 0.257 e. The minimum absolute atomic E-state index is 0.166. The van der Waals surface area contributed by atoms with Crippen LogP contribution in [0.1, 0.15) is 38.1 Å². The fraction of sp³-hybridized carbons (Fsp3) is 0.417. The van der Waals surface area contributed by atoms with Gasteiger partial charge in [-0.25, -0.2) is 13.4 Å². The van der Waals surface area contributed by atoms with E-state index >= 15 is 0 Å². The van der Waals surface area contributed by atoms with Crippen LogP contribution in [0.5, 0.6) is 11.5 Å². The second-order valence-electron chi connectivity index (χ2n) is 8.76. The minimum Gasteiger partial charge on any atom is -0.495 e. The van der Waals surface area contributed by atoms with E-state index < -0.39 is 10.0 Å². The van der Waals surface area contributed by atoms with Gasteiger partial charge in [-0.15, -0.1) is 0 Å². The normalized spacial score (nSPS) is 12.0. The first-order chi connectivity index (χ1) is 16.1. The number of thiazole rings is 1. The lowest BCUT2D eigenvalue weighted by Crippen LogP contribution is -2.37. The Hall–Kier alpha value is -2.69. The molecule has 3 aromatic rings. The SMILES string of the molecule is COc1ccc(OC)c2sc(NC(=O)c3ccc(S(=O)(=O)N(CC(C)C)CC(C)C)cc3)nc12. The van der Waals surface area contributed by atoms with Gasteiger partial charge in [0.2, 0.25) is 10.0 Å². The summed E-state index contributed by atoms with van der Waals surface area (Å²) < 4.78 is 39.4. The van der Waals surface area contributed by atoms with Gasteiger partial charge in [-0.1, -0.05) is 39.0 Å². The van der Waals surface area contributed by atoms with Gasteiger partial charge in [0.25, 0.3) is 5.91 Å². The summed E-state index contributed by atoms with van der Waals surface area (Å²) in [5, 5.41) is 3.17. The highest BCUT2D eigenvalue weighted by molar-refractivity contribution is 7.89. The Morgan fingerprint density at radius 3 is 2.06 bits per heavy atom. The number of ether oxygens (including phenoxy) is 2. The monoisotopic (exact) mass is 505 g/mol. The molecule has 1 aromatic heterocycles. The molecule has 0 saturated heterocycles. The number of carbonyl (C=O) groups excluding carboxylic acids is 1. The van der Waals surface area contributed by atoms with Crippen LogP contribution in [-0.2, 0) is 10.0 Å². The number of sulfonamides is 1. The van der Waals surface area contributed by atoms with E-state index in [1.165, 1.54) is 39.9 Å². The minimum atomic E-state index is -3.66. The third-order valence-corrected chi connectivity index (χ3v) is 7.85. The molecule has 0 aliphatic rings. The highest BCUT2D eigenvalue weighted by Gasteiger charge is 2.26. The molecule has 3 rings (SSSR count). The van der Waals surface area contributed by atoms with Gasteiger partial charge in [0.05, 0.1) is 19.1 Å². The van der Waals surface area contributed by atoms with Crippen LogP contribution in [-0.4, -0.2) is 50.9 Å². The number of methoxy groups -OCH3 is 2. The van der Waals surface area contributed by atoms with Crippen LogP contribution in [0.3, 0.4) is 0 Å². The number of hydrogen-bond acceptors (Lipinski definition) is 7. The molecule has 0 aliphatic heterocycles. The molecule has 0 atom stereocenters. The molecule has 8 nitrogen and oxygen atoms in total. The molecule has 2 aromatic carbocycles. The zero-order chi connectivity index (χ0) is 25.0. The van der Waals surface area contributed by atoms with Gasteiger partial charge in [-0.05, 0) is 48.2 Å². The zero-order valence-electron chi connectivity index (χ0n) is 20.3. The van der Waals surface area contributed by atoms with E-state index in [0.29, 0.717) is 40.8 Å². The molecule has 0 aliphatic carbocycles. The average Bonchev–Trinajstić information content (AvgIpc) is 3.21. The van der Waals surface area contributed by atoms with Crippen LogP contribution < -0.4 is 14.8 Å². The van der Waals surface area contributed by atoms with E-state index in [2.05, 4.69) is 10.3 Å². The Kier molecular flexibility index (Phi) is 8.17. The maximum absolute atomic E-state index is 13.2. The molecule has 1 N–H and O–H groups in total. The molecular formula is C24H31N3O5S2. The first-order valence-corrected chi connectivity index (χ1v) is 13.3. The molecule has 0 fully saturated rings. The first kappa shape index (κ1) is 25.9. The lowest BCUT2D eigenvalue weighted by atomic mass is 10.2. The summed E-state index contributed by atoms with van der Waals surface area (Å²) in [6, 6.07) is 9.52. The van der Waals surface area contributed by atoms with Crippen molar-refractivity contribution in [2.45, 2.75) is 32.6 Å². The fourth-order valence-corrected chi connectivity index (χ4v) is 6.26. The van der Waals surface area contributed by atoms with Gasteiger partial charge in [0.15, 0.2) is 5.13 Å². The van der Waals surface area contributed by atoms with Crippen LogP contribution in [0, 0.1) is 11.8 Å². The number of anilines is 1. The third kappa shape index (κ3) is 5.68. The standard InChI is InChI=1S/C24H31N3O5S2/c1-15(2)13-27(14-16(3)4)34(29,30)18-9-7-17(8-10-18)23(28)26-24-25-21-19(31-5)11-12-20(32-6)22(21)33-24/h7-12,15-16H,13-14H2,1-6H3,(H,25,26,28). The predicted octanol–water partition coefficient (Wildman–Crippen LogP) is 4.87. The Morgan fingerprint density at radius 1 is 0.971 bits per heavy atom. The summed E-state index contributed by atoms with van der Waals surface area (Å²) in [5.74, 6) is 1.22. The molecule has 0 radical (unpaired) electrons. The summed E-state index contributed by atoms with van der Waals surface area (Å²) in [6.07, 6.45) is 0. The van der Waals surface area contributed by atoms with Crippen LogP contribution in [0.15, 0.2) is 41.3 Å². The Labute approximate surface area is 205 Å². The molecule has 184 valence electrons. The molecule has 34 heavy (non-hydrogen) atoms. The van der Waals surface area contributed by atoms with Gasteiger partial charge >= 0.3 is 0 Å². The van der Waals surface area contributed by atoms with E-state index in [1.807, 2.05) is 27.7 Å². The highest BCUT2D eigenvalue weighted by Crippen LogP contribution is 2.38. The number of nitrogens with zero attached hydrogens (tertiary/aromatic N) is 2. The van der Waals surface area contributed by atoms with Crippen molar-refractivity contribution in [1.29, 1.82) is 0 Å². The number of amides is 1. The molecule has 0 bridgehead atoms. The van der Waals surface area contributed by atoms with Gasteiger partial charge in [0.1, 0.15) is 21.7 Å². The van der Waals surface area contributed by atoms with Crippen molar-refractivity contribution in [1.82, 2.24) is 9.29 Å². The van der Waals surface area contributed by atoms with Crippen molar-refractivity contribution in [2.24, 2.45) is 11.8 Å². The number of carbonyl (C=O) groups is 1. The van der Waals surface area contributed by atoms with E-state index in [-0.39, 0.29) is 22.6 Å². The number of fused-ring (bicyclic) bond motifs is 1. The molecule has 0 spiro atoms. The molecule has 1 heterocycles. The topological polar surface area (TPSA) is 97.8 Å². The summed E-state index contributed by atoms with van der Waals surface area (Å²) in [7, 11) is -0.540. The van der Waals surface area contributed by atoms with Crippen molar-refractivity contribution in [3.05, 3.63) is 42.0 Å². The van der Waals surface area contributed by atoms with Crippen molar-refractivity contribution in [3.63, 3.8) is 0 Å². The largest absolute Gasteiger partial charge is 0.495 e. The second-order valence-corrected chi connectivity index (χ2v) is 11.7. The summed E-state index contributed by atoms with van der Waals surface area (Å²) in [6.45, 7) is 8.83. The van der Waals surface area contributed by atoms with Crippen molar-refractivity contribution in [2.75, 3.05) is 32.6 Å². The third-order valence-electron chi connectivity index (χ3n) is 5.02. The molecule has 10 heteroatoms. The van der Waals surface area contributed by atoms with Crippen molar-refractivity contribution in [3.8, 4) is 11.5 Å². The second kappa shape index (κ2) is 10.7. The van der Waals surface area contributed by atoms with Crippen molar-refractivity contribution >= 4 is 42.6 Å². The van der Waals surface area contributed by atoms with Crippen LogP contribution in [0.4, 0.5) is 5.13 Å². The maximum atomic E-state index is 13.2. The summed E-state index contributed by atoms with van der Waals surface area (Å²) in [5.41, 5.74) is 0.926. The molecular weight excluding hydrogens is 474 g/mol. The molecule has 0 unspecified atom stereocenters. The number of hydrogen-bond donors (Lipinski definition) is 1. The highest BCUT2D eigenvalue weighted by atomic mass is 32.2. The van der Waals surface area contributed by atoms with E-state index in [9.17, 15) is 13.2 Å². The Bertz CT molecular complexity index is 1200. The quantitative estimate of drug-likeness (QED) is 0.422. The predicted molar refractivity (Wildman–Crippen MR) is 136 cm³/mol. The Balaban J connectivity index is 1.82. The fourth-order valence-electron chi connectivity index (χ4n) is 3.52. The number of nitrogens with one attached hydrogen (secondary N) is 1. The number of benzene rings is 2. The van der Waals surface area contributed by atoms with Crippen LogP contribution >= 0.6 is 11.3 Å². The zero-order valence-corrected chi connectivity index (χ0v) is 21.9. The van der Waals surface area contributed by atoms with Crippen LogP contribution in [0.25, 0.3) is 10.2 Å². The summed E-state index contributed by atoms with van der Waals surface area (Å²) in [4.78, 5) is 17.5. The number of rotatable bonds is 10. The number of aromatic nitrogens is 1. The molecule has 1 amide bonds. The van der Waals surface area contributed by atoms with Gasteiger partial charge in [-0.3, -0.25) is 10.1 Å². The lowest BCUT2D eigenvalue weighted by Gasteiger charge is -2.25. The van der Waals surface area contributed by atoms with E-state index in [1.54, 1.807) is 26.4 Å². The van der Waals surface area contributed by atoms with Gasteiger partial charge in [-0.2, -0.15) is 4.31 Å². The Morgan fingerprint density at radius 2 is 1.53 bits per heavy atom. The van der Waals surface area contributed by atoms with Gasteiger partial charge < -0.3 is 9.47 Å². The van der Waals surface area contributed by atoms with Gasteiger partial charge in [0, 0.05) is 18.7 Å².